The van der Waals surface area contributed by atoms with Crippen LogP contribution in [0, 0.1) is 0 Å². The Hall–Kier alpha value is -4.25. The molecule has 5 nitrogen and oxygen atoms in total. The third-order valence-electron chi connectivity index (χ3n) is 5.81. The third kappa shape index (κ3) is 4.59. The number of nitrogens with one attached hydrogen (secondary N) is 1. The molecule has 0 radical (unpaired) electrons. The van der Waals surface area contributed by atoms with Gasteiger partial charge in [0.05, 0.1) is 0 Å². The van der Waals surface area contributed by atoms with Crippen molar-refractivity contribution in [3.63, 3.8) is 0 Å². The first kappa shape index (κ1) is 21.6. The average molecular weight is 449 g/mol. The molecule has 170 valence electrons. The summed E-state index contributed by atoms with van der Waals surface area (Å²) >= 11 is 0. The van der Waals surface area contributed by atoms with Crippen LogP contribution in [0.25, 0.3) is 16.9 Å². The largest absolute Gasteiger partial charge is 0.485 e. The van der Waals surface area contributed by atoms with Gasteiger partial charge in [0, 0.05) is 38.1 Å². The molecule has 2 aromatic heterocycles. The minimum Gasteiger partial charge on any atom is -0.485 e. The van der Waals surface area contributed by atoms with Crippen molar-refractivity contribution in [2.45, 2.75) is 13.2 Å². The summed E-state index contributed by atoms with van der Waals surface area (Å²) in [5, 5.41) is 3.62. The van der Waals surface area contributed by atoms with E-state index in [-0.39, 0.29) is 0 Å². The first-order valence-corrected chi connectivity index (χ1v) is 11.4. The van der Waals surface area contributed by atoms with Gasteiger partial charge in [-0.05, 0) is 35.4 Å². The number of hydrogen-bond acceptors (Lipinski definition) is 4. The van der Waals surface area contributed by atoms with Gasteiger partial charge in [0.15, 0.2) is 11.4 Å². The number of fused-ring (bicyclic) bond motifs is 1. The molecule has 5 rings (SSSR count). The summed E-state index contributed by atoms with van der Waals surface area (Å²) in [5.41, 5.74) is 6.23. The molecule has 0 aliphatic rings. The molecule has 5 heteroatoms. The molecule has 1 N–H and O–H groups in total. The highest BCUT2D eigenvalue weighted by Gasteiger charge is 2.17. The Labute approximate surface area is 200 Å². The number of aromatic nitrogens is 2. The molecule has 0 saturated carbocycles. The third-order valence-corrected chi connectivity index (χ3v) is 5.81. The van der Waals surface area contributed by atoms with E-state index in [1.165, 1.54) is 5.56 Å². The van der Waals surface area contributed by atoms with Gasteiger partial charge in [-0.15, -0.1) is 0 Å². The van der Waals surface area contributed by atoms with Crippen LogP contribution >= 0.6 is 0 Å². The Kier molecular flexibility index (Phi) is 6.17. The minimum absolute atomic E-state index is 0.493. The lowest BCUT2D eigenvalue weighted by Gasteiger charge is -2.13. The number of nitrogens with zero attached hydrogens (tertiary/aromatic N) is 3. The zero-order valence-electron chi connectivity index (χ0n) is 19.5. The first-order valence-electron chi connectivity index (χ1n) is 11.4. The van der Waals surface area contributed by atoms with Crippen molar-refractivity contribution in [1.29, 1.82) is 0 Å². The molecule has 0 unspecified atom stereocenters. The summed E-state index contributed by atoms with van der Waals surface area (Å²) < 4.78 is 8.29. The first-order chi connectivity index (χ1) is 16.7. The van der Waals surface area contributed by atoms with Gasteiger partial charge in [0.1, 0.15) is 18.1 Å². The van der Waals surface area contributed by atoms with E-state index in [1.807, 2.05) is 56.7 Å². The summed E-state index contributed by atoms with van der Waals surface area (Å²) in [5.74, 6) is 1.70. The number of benzene rings is 3. The molecule has 0 spiro atoms. The van der Waals surface area contributed by atoms with E-state index >= 15 is 0 Å². The number of hydrogen-bond donors (Lipinski definition) is 1. The zero-order valence-corrected chi connectivity index (χ0v) is 19.5. The van der Waals surface area contributed by atoms with E-state index in [4.69, 9.17) is 9.72 Å². The second-order valence-electron chi connectivity index (χ2n) is 8.43. The monoisotopic (exact) mass is 448 g/mol. The van der Waals surface area contributed by atoms with Crippen molar-refractivity contribution in [2.24, 2.45) is 0 Å². The number of rotatable bonds is 8. The molecule has 0 aliphatic carbocycles. The quantitative estimate of drug-likeness (QED) is 0.304. The van der Waals surface area contributed by atoms with Crippen LogP contribution in [0.4, 0.5) is 11.5 Å². The second kappa shape index (κ2) is 9.71. The van der Waals surface area contributed by atoms with Crippen molar-refractivity contribution in [1.82, 2.24) is 9.38 Å². The number of anilines is 2. The molecule has 34 heavy (non-hydrogen) atoms. The number of pyridine rings is 1. The lowest BCUT2D eigenvalue weighted by Crippen LogP contribution is -2.08. The van der Waals surface area contributed by atoms with Gasteiger partial charge in [0.25, 0.3) is 0 Å². The normalized spacial score (nSPS) is 10.9. The summed E-state index contributed by atoms with van der Waals surface area (Å²) in [7, 11) is 4.09. The molecule has 5 aromatic rings. The SMILES string of the molecule is CN(C)c1ccc(-c2nc3c(OCc4ccccc4)cccn3c2NCc2ccccc2)cc1. The summed E-state index contributed by atoms with van der Waals surface area (Å²) in [4.78, 5) is 7.14. The van der Waals surface area contributed by atoms with Gasteiger partial charge in [-0.3, -0.25) is 4.40 Å². The predicted molar refractivity (Wildman–Crippen MR) is 139 cm³/mol. The van der Waals surface area contributed by atoms with Crippen molar-refractivity contribution in [3.8, 4) is 17.0 Å². The van der Waals surface area contributed by atoms with Crippen LogP contribution in [-0.2, 0) is 13.2 Å². The molecule has 0 bridgehead atoms. The highest BCUT2D eigenvalue weighted by molar-refractivity contribution is 5.79. The van der Waals surface area contributed by atoms with E-state index < -0.39 is 0 Å². The molecule has 0 saturated heterocycles. The van der Waals surface area contributed by atoms with Crippen LogP contribution in [0.15, 0.2) is 103 Å². The minimum atomic E-state index is 0.493. The molecular weight excluding hydrogens is 420 g/mol. The fourth-order valence-electron chi connectivity index (χ4n) is 3.96. The highest BCUT2D eigenvalue weighted by atomic mass is 16.5. The van der Waals surface area contributed by atoms with Crippen LogP contribution in [0.5, 0.6) is 5.75 Å². The highest BCUT2D eigenvalue weighted by Crippen LogP contribution is 2.33. The van der Waals surface area contributed by atoms with E-state index in [2.05, 4.69) is 75.3 Å². The Morgan fingerprint density at radius 1 is 0.794 bits per heavy atom. The van der Waals surface area contributed by atoms with Crippen LogP contribution in [0.2, 0.25) is 0 Å². The maximum Gasteiger partial charge on any atom is 0.181 e. The number of imidazole rings is 1. The lowest BCUT2D eigenvalue weighted by molar-refractivity contribution is 0.308. The van der Waals surface area contributed by atoms with Crippen molar-refractivity contribution in [2.75, 3.05) is 24.3 Å². The molecule has 0 amide bonds. The fourth-order valence-corrected chi connectivity index (χ4v) is 3.96. The van der Waals surface area contributed by atoms with Crippen molar-refractivity contribution >= 4 is 17.2 Å². The van der Waals surface area contributed by atoms with Gasteiger partial charge in [0.2, 0.25) is 0 Å². The smallest absolute Gasteiger partial charge is 0.181 e. The van der Waals surface area contributed by atoms with E-state index in [0.29, 0.717) is 13.2 Å². The van der Waals surface area contributed by atoms with Crippen LogP contribution in [-0.4, -0.2) is 23.5 Å². The van der Waals surface area contributed by atoms with Crippen LogP contribution < -0.4 is 15.0 Å². The van der Waals surface area contributed by atoms with Gasteiger partial charge in [-0.2, -0.15) is 0 Å². The van der Waals surface area contributed by atoms with E-state index in [1.54, 1.807) is 0 Å². The molecule has 0 atom stereocenters. The molecule has 3 aromatic carbocycles. The van der Waals surface area contributed by atoms with Crippen molar-refractivity contribution < 1.29 is 4.74 Å². The standard InChI is InChI=1S/C29H28N4O/c1-32(2)25-17-15-24(16-18-25)27-29(30-20-22-10-5-3-6-11-22)33-19-9-14-26(28(33)31-27)34-21-23-12-7-4-8-13-23/h3-19,30H,20-21H2,1-2H3. The predicted octanol–water partition coefficient (Wildman–Crippen LogP) is 6.26. The van der Waals surface area contributed by atoms with Crippen LogP contribution in [0.3, 0.4) is 0 Å². The maximum atomic E-state index is 6.21. The Balaban J connectivity index is 1.53. The number of ether oxygens (including phenoxy) is 1. The Bertz CT molecular complexity index is 1360. The molecule has 0 fully saturated rings. The molecule has 0 aliphatic heterocycles. The van der Waals surface area contributed by atoms with E-state index in [9.17, 15) is 0 Å². The van der Waals surface area contributed by atoms with Gasteiger partial charge in [-0.1, -0.05) is 72.8 Å². The summed E-state index contributed by atoms with van der Waals surface area (Å²) in [6, 6.07) is 33.0. The maximum absolute atomic E-state index is 6.21. The van der Waals surface area contributed by atoms with Crippen molar-refractivity contribution in [3.05, 3.63) is 114 Å². The fraction of sp³-hybridized carbons (Fsp3) is 0.138. The van der Waals surface area contributed by atoms with Gasteiger partial charge in [-0.25, -0.2) is 4.98 Å². The molecular formula is C29H28N4O. The van der Waals surface area contributed by atoms with Crippen LogP contribution in [0.1, 0.15) is 11.1 Å². The topological polar surface area (TPSA) is 41.8 Å². The lowest BCUT2D eigenvalue weighted by atomic mass is 10.1. The Morgan fingerprint density at radius 2 is 1.47 bits per heavy atom. The zero-order chi connectivity index (χ0) is 23.3. The summed E-state index contributed by atoms with van der Waals surface area (Å²) in [6.45, 7) is 1.19. The Morgan fingerprint density at radius 3 is 2.15 bits per heavy atom. The second-order valence-corrected chi connectivity index (χ2v) is 8.43. The summed E-state index contributed by atoms with van der Waals surface area (Å²) in [6.07, 6.45) is 2.03. The van der Waals surface area contributed by atoms with E-state index in [0.717, 1.165) is 39.7 Å². The van der Waals surface area contributed by atoms with Gasteiger partial charge < -0.3 is 15.0 Å². The molecule has 2 heterocycles. The van der Waals surface area contributed by atoms with Gasteiger partial charge >= 0.3 is 0 Å². The average Bonchev–Trinajstić information content (AvgIpc) is 3.26.